The van der Waals surface area contributed by atoms with Gasteiger partial charge in [-0.25, -0.2) is 0 Å². The molecule has 28 heavy (non-hydrogen) atoms. The smallest absolute Gasteiger partial charge is 0.327 e. The van der Waals surface area contributed by atoms with Crippen LogP contribution in [0.4, 0.5) is 0 Å². The van der Waals surface area contributed by atoms with Crippen molar-refractivity contribution >= 4 is 17.8 Å². The Morgan fingerprint density at radius 2 is 1.36 bits per heavy atom. The van der Waals surface area contributed by atoms with Crippen LogP contribution in [0.5, 0.6) is 0 Å². The number of esters is 1. The zero-order chi connectivity index (χ0) is 19.3. The number of benzene rings is 2. The third-order valence-corrected chi connectivity index (χ3v) is 6.25. The third-order valence-electron chi connectivity index (χ3n) is 6.25. The highest BCUT2D eigenvalue weighted by molar-refractivity contribution is 6.07. The number of carbonyl (C=O) groups is 3. The molecule has 1 saturated heterocycles. The van der Waals surface area contributed by atoms with E-state index in [1.165, 1.54) is 0 Å². The molecule has 0 spiro atoms. The second-order valence-corrected chi connectivity index (χ2v) is 7.80. The standard InChI is InChI=1S/C23H21NO4/c25-20(13-24-22(26)18-11-5-6-12-19(18)23(24)27)28-21-16-9-3-1-7-14(16)15-8-2-4-10-17(15)21/h1-4,7-10,18-19,21H,5-6,11-13H2/t18-,19-/m1/s1. The predicted octanol–water partition coefficient (Wildman–Crippen LogP) is 3.47. The predicted molar refractivity (Wildman–Crippen MR) is 102 cm³/mol. The lowest BCUT2D eigenvalue weighted by atomic mass is 9.81. The maximum absolute atomic E-state index is 12.7. The number of hydrogen-bond donors (Lipinski definition) is 0. The molecule has 2 aromatic carbocycles. The van der Waals surface area contributed by atoms with Gasteiger partial charge in [-0.05, 0) is 24.0 Å². The van der Waals surface area contributed by atoms with Gasteiger partial charge < -0.3 is 4.74 Å². The topological polar surface area (TPSA) is 63.7 Å². The first-order chi connectivity index (χ1) is 13.6. The largest absolute Gasteiger partial charge is 0.451 e. The van der Waals surface area contributed by atoms with Crippen LogP contribution in [0.2, 0.25) is 0 Å². The Bertz CT molecular complexity index is 913. The summed E-state index contributed by atoms with van der Waals surface area (Å²) in [5, 5.41) is 0. The molecule has 2 fully saturated rings. The van der Waals surface area contributed by atoms with E-state index in [1.807, 2.05) is 48.5 Å². The normalized spacial score (nSPS) is 23.4. The molecule has 1 aliphatic heterocycles. The second-order valence-electron chi connectivity index (χ2n) is 7.80. The molecule has 0 bridgehead atoms. The van der Waals surface area contributed by atoms with E-state index in [-0.39, 0.29) is 30.2 Å². The van der Waals surface area contributed by atoms with Crippen LogP contribution in [-0.2, 0) is 19.1 Å². The van der Waals surface area contributed by atoms with Gasteiger partial charge in [-0.1, -0.05) is 61.4 Å². The average molecular weight is 375 g/mol. The van der Waals surface area contributed by atoms with Gasteiger partial charge in [0.05, 0.1) is 11.8 Å². The summed E-state index contributed by atoms with van der Waals surface area (Å²) < 4.78 is 5.79. The van der Waals surface area contributed by atoms with Crippen molar-refractivity contribution in [2.24, 2.45) is 11.8 Å². The van der Waals surface area contributed by atoms with Crippen LogP contribution in [0.3, 0.4) is 0 Å². The fourth-order valence-corrected chi connectivity index (χ4v) is 4.92. The third kappa shape index (κ3) is 2.57. The van der Waals surface area contributed by atoms with Crippen molar-refractivity contribution < 1.29 is 19.1 Å². The van der Waals surface area contributed by atoms with Crippen LogP contribution in [0.25, 0.3) is 11.1 Å². The van der Waals surface area contributed by atoms with E-state index >= 15 is 0 Å². The Labute approximate surface area is 163 Å². The lowest BCUT2D eigenvalue weighted by Crippen LogP contribution is -2.37. The molecule has 2 amide bonds. The van der Waals surface area contributed by atoms with E-state index in [9.17, 15) is 14.4 Å². The van der Waals surface area contributed by atoms with Crippen molar-refractivity contribution in [3.63, 3.8) is 0 Å². The van der Waals surface area contributed by atoms with Crippen LogP contribution < -0.4 is 0 Å². The maximum Gasteiger partial charge on any atom is 0.327 e. The van der Waals surface area contributed by atoms with Crippen LogP contribution in [0.1, 0.15) is 42.9 Å². The van der Waals surface area contributed by atoms with Crippen LogP contribution in [0.15, 0.2) is 48.5 Å². The number of rotatable bonds is 3. The van der Waals surface area contributed by atoms with Crippen molar-refractivity contribution in [3.05, 3.63) is 59.7 Å². The summed E-state index contributed by atoms with van der Waals surface area (Å²) in [7, 11) is 0. The highest BCUT2D eigenvalue weighted by atomic mass is 16.5. The number of imide groups is 1. The Morgan fingerprint density at radius 3 is 1.89 bits per heavy atom. The van der Waals surface area contributed by atoms with Crippen LogP contribution in [0, 0.1) is 11.8 Å². The minimum atomic E-state index is -0.545. The Morgan fingerprint density at radius 1 is 0.857 bits per heavy atom. The quantitative estimate of drug-likeness (QED) is 0.609. The van der Waals surface area contributed by atoms with Crippen LogP contribution in [-0.4, -0.2) is 29.2 Å². The molecule has 5 rings (SSSR count). The molecule has 2 atom stereocenters. The second kappa shape index (κ2) is 6.59. The van der Waals surface area contributed by atoms with Crippen molar-refractivity contribution in [1.29, 1.82) is 0 Å². The molecule has 5 heteroatoms. The van der Waals surface area contributed by atoms with Gasteiger partial charge in [-0.2, -0.15) is 0 Å². The molecular formula is C23H21NO4. The molecule has 0 unspecified atom stereocenters. The molecular weight excluding hydrogens is 354 g/mol. The number of amides is 2. The van der Waals surface area contributed by atoms with Crippen molar-refractivity contribution in [3.8, 4) is 11.1 Å². The Balaban J connectivity index is 1.37. The first kappa shape index (κ1) is 17.2. The molecule has 2 aliphatic carbocycles. The molecule has 1 saturated carbocycles. The van der Waals surface area contributed by atoms with Gasteiger partial charge in [0.15, 0.2) is 6.10 Å². The number of fused-ring (bicyclic) bond motifs is 4. The summed E-state index contributed by atoms with van der Waals surface area (Å²) >= 11 is 0. The lowest BCUT2D eigenvalue weighted by Gasteiger charge is -2.19. The summed E-state index contributed by atoms with van der Waals surface area (Å²) in [5.74, 6) is -1.46. The fraction of sp³-hybridized carbons (Fsp3) is 0.348. The van der Waals surface area contributed by atoms with Gasteiger partial charge in [0.1, 0.15) is 6.54 Å². The summed E-state index contributed by atoms with van der Waals surface area (Å²) in [6.45, 7) is -0.300. The summed E-state index contributed by atoms with van der Waals surface area (Å²) in [4.78, 5) is 39.1. The molecule has 1 heterocycles. The number of nitrogens with zero attached hydrogens (tertiary/aromatic N) is 1. The number of likely N-dealkylation sites (tertiary alicyclic amines) is 1. The summed E-state index contributed by atoms with van der Waals surface area (Å²) in [6, 6.07) is 15.7. The van der Waals surface area contributed by atoms with E-state index < -0.39 is 12.1 Å². The summed E-state index contributed by atoms with van der Waals surface area (Å²) in [6.07, 6.45) is 2.91. The molecule has 142 valence electrons. The van der Waals surface area contributed by atoms with E-state index in [2.05, 4.69) is 0 Å². The zero-order valence-electron chi connectivity index (χ0n) is 15.5. The molecule has 0 aromatic heterocycles. The number of carbonyl (C=O) groups excluding carboxylic acids is 3. The van der Waals surface area contributed by atoms with Crippen molar-refractivity contribution in [2.45, 2.75) is 31.8 Å². The first-order valence-electron chi connectivity index (χ1n) is 9.88. The Hall–Kier alpha value is -2.95. The average Bonchev–Trinajstić information content (AvgIpc) is 3.17. The fourth-order valence-electron chi connectivity index (χ4n) is 4.92. The number of ether oxygens (including phenoxy) is 1. The van der Waals surface area contributed by atoms with Gasteiger partial charge >= 0.3 is 5.97 Å². The lowest BCUT2D eigenvalue weighted by molar-refractivity contribution is -0.155. The van der Waals surface area contributed by atoms with Crippen LogP contribution >= 0.6 is 0 Å². The van der Waals surface area contributed by atoms with E-state index in [4.69, 9.17) is 4.74 Å². The van der Waals surface area contributed by atoms with Crippen molar-refractivity contribution in [1.82, 2.24) is 4.90 Å². The Kier molecular flexibility index (Phi) is 4.04. The first-order valence-corrected chi connectivity index (χ1v) is 9.88. The molecule has 0 N–H and O–H groups in total. The molecule has 3 aliphatic rings. The SMILES string of the molecule is O=C(CN1C(=O)[C@@H]2CCCC[C@H]2C1=O)OC1c2ccccc2-c2ccccc21. The van der Waals surface area contributed by atoms with E-state index in [1.54, 1.807) is 0 Å². The van der Waals surface area contributed by atoms with Gasteiger partial charge in [-0.3, -0.25) is 19.3 Å². The molecule has 5 nitrogen and oxygen atoms in total. The maximum atomic E-state index is 12.7. The van der Waals surface area contributed by atoms with Gasteiger partial charge in [0, 0.05) is 11.1 Å². The molecule has 2 aromatic rings. The van der Waals surface area contributed by atoms with Gasteiger partial charge in [-0.15, -0.1) is 0 Å². The van der Waals surface area contributed by atoms with E-state index in [0.29, 0.717) is 0 Å². The minimum Gasteiger partial charge on any atom is -0.451 e. The van der Waals surface area contributed by atoms with Gasteiger partial charge in [0.25, 0.3) is 0 Å². The zero-order valence-corrected chi connectivity index (χ0v) is 15.5. The highest BCUT2D eigenvalue weighted by Gasteiger charge is 2.49. The number of hydrogen-bond acceptors (Lipinski definition) is 4. The van der Waals surface area contributed by atoms with Crippen molar-refractivity contribution in [2.75, 3.05) is 6.54 Å². The monoisotopic (exact) mass is 375 g/mol. The van der Waals surface area contributed by atoms with E-state index in [0.717, 1.165) is 52.8 Å². The molecule has 0 radical (unpaired) electrons. The van der Waals surface area contributed by atoms with Gasteiger partial charge in [0.2, 0.25) is 11.8 Å². The minimum absolute atomic E-state index is 0.209. The highest BCUT2D eigenvalue weighted by Crippen LogP contribution is 2.45. The summed E-state index contributed by atoms with van der Waals surface area (Å²) in [5.41, 5.74) is 3.97.